The molecule has 2 N–H and O–H groups in total. The zero-order valence-electron chi connectivity index (χ0n) is 13.6. The minimum Gasteiger partial charge on any atom is -0.375 e. The van der Waals surface area contributed by atoms with Crippen LogP contribution in [0.2, 0.25) is 0 Å². The Morgan fingerprint density at radius 2 is 1.91 bits per heavy atom. The van der Waals surface area contributed by atoms with E-state index in [0.29, 0.717) is 0 Å². The van der Waals surface area contributed by atoms with Gasteiger partial charge in [-0.3, -0.25) is 0 Å². The van der Waals surface area contributed by atoms with Crippen LogP contribution >= 0.6 is 11.8 Å². The van der Waals surface area contributed by atoms with Gasteiger partial charge in [-0.15, -0.1) is 0 Å². The van der Waals surface area contributed by atoms with E-state index in [1.807, 2.05) is 11.8 Å². The second-order valence-electron chi connectivity index (χ2n) is 7.07. The molecule has 6 heteroatoms. The summed E-state index contributed by atoms with van der Waals surface area (Å²) in [6, 6.07) is 0.427. The van der Waals surface area contributed by atoms with Crippen LogP contribution in [-0.2, 0) is 9.47 Å². The summed E-state index contributed by atoms with van der Waals surface area (Å²) in [5.74, 6) is 2.25. The van der Waals surface area contributed by atoms with Crippen LogP contribution in [0.4, 0.5) is 4.79 Å². The molecule has 3 saturated heterocycles. The van der Waals surface area contributed by atoms with Crippen molar-refractivity contribution >= 4 is 17.8 Å². The number of carbonyl (C=O) groups is 1. The predicted octanol–water partition coefficient (Wildman–Crippen LogP) is 2.30. The Hall–Kier alpha value is -0.460. The van der Waals surface area contributed by atoms with E-state index in [1.165, 1.54) is 5.75 Å². The molecule has 0 bridgehead atoms. The van der Waals surface area contributed by atoms with Gasteiger partial charge in [0, 0.05) is 24.4 Å². The van der Waals surface area contributed by atoms with E-state index in [2.05, 4.69) is 24.5 Å². The lowest BCUT2D eigenvalue weighted by Crippen LogP contribution is -2.53. The maximum atomic E-state index is 12.3. The number of ether oxygens (including phenoxy) is 2. The number of hydrogen-bond donors (Lipinski definition) is 2. The van der Waals surface area contributed by atoms with Gasteiger partial charge in [-0.25, -0.2) is 4.79 Å². The highest BCUT2D eigenvalue weighted by atomic mass is 32.2. The van der Waals surface area contributed by atoms with Gasteiger partial charge in [0.2, 0.25) is 0 Å². The van der Waals surface area contributed by atoms with E-state index in [9.17, 15) is 4.79 Å². The van der Waals surface area contributed by atoms with Crippen molar-refractivity contribution in [1.82, 2.24) is 10.6 Å². The molecule has 126 valence electrons. The lowest BCUT2D eigenvalue weighted by atomic mass is 9.90. The van der Waals surface area contributed by atoms with Crippen molar-refractivity contribution in [3.8, 4) is 0 Å². The fraction of sp³-hybridized carbons (Fsp3) is 0.938. The molecule has 0 aromatic rings. The molecule has 5 nitrogen and oxygen atoms in total. The van der Waals surface area contributed by atoms with Gasteiger partial charge >= 0.3 is 6.03 Å². The molecule has 22 heavy (non-hydrogen) atoms. The molecular formula is C16H28N2O3S. The van der Waals surface area contributed by atoms with Crippen LogP contribution in [0.25, 0.3) is 0 Å². The maximum Gasteiger partial charge on any atom is 0.315 e. The molecule has 3 fully saturated rings. The predicted molar refractivity (Wildman–Crippen MR) is 88.3 cm³/mol. The van der Waals surface area contributed by atoms with Crippen LogP contribution in [0.15, 0.2) is 0 Å². The Balaban J connectivity index is 1.47. The average molecular weight is 328 g/mol. The fourth-order valence-corrected chi connectivity index (χ4v) is 5.33. The summed E-state index contributed by atoms with van der Waals surface area (Å²) < 4.78 is 11.7. The molecule has 1 spiro atoms. The van der Waals surface area contributed by atoms with E-state index >= 15 is 0 Å². The minimum absolute atomic E-state index is 0.0164. The van der Waals surface area contributed by atoms with Crippen LogP contribution in [0.5, 0.6) is 0 Å². The summed E-state index contributed by atoms with van der Waals surface area (Å²) in [5.41, 5.74) is 0.0164. The van der Waals surface area contributed by atoms with Crippen LogP contribution in [0.1, 0.15) is 46.0 Å². The summed E-state index contributed by atoms with van der Waals surface area (Å²) in [6.45, 7) is 4.90. The number of nitrogens with one attached hydrogen (secondary N) is 2. The van der Waals surface area contributed by atoms with Crippen molar-refractivity contribution in [3.05, 3.63) is 0 Å². The van der Waals surface area contributed by atoms with Gasteiger partial charge < -0.3 is 20.1 Å². The molecular weight excluding hydrogens is 300 g/mol. The third-order valence-electron chi connectivity index (χ3n) is 4.93. The Bertz CT molecular complexity index is 391. The van der Waals surface area contributed by atoms with Gasteiger partial charge in [-0.1, -0.05) is 0 Å². The third-order valence-corrected chi connectivity index (χ3v) is 6.15. The Morgan fingerprint density at radius 3 is 2.59 bits per heavy atom. The van der Waals surface area contributed by atoms with Gasteiger partial charge in [0.25, 0.3) is 0 Å². The molecule has 3 rings (SSSR count). The SMILES string of the molecule is C[C@@H]1CC(NC(=O)N[C@@H]2CCO[C@]3(CCSC3)C2)C[C@@H](C)O1. The van der Waals surface area contributed by atoms with Crippen LogP contribution in [-0.4, -0.2) is 54.0 Å². The lowest BCUT2D eigenvalue weighted by molar-refractivity contribution is -0.0686. The van der Waals surface area contributed by atoms with Crippen LogP contribution in [0, 0.1) is 0 Å². The minimum atomic E-state index is -0.0287. The standard InChI is InChI=1S/C16H28N2O3S/c1-11-7-14(8-12(2)21-11)18-15(19)17-13-3-5-20-16(9-13)4-6-22-10-16/h11-14H,3-10H2,1-2H3,(H2,17,18,19)/t11-,12-,13-,16-/m1/s1. The maximum absolute atomic E-state index is 12.3. The van der Waals surface area contributed by atoms with Crippen LogP contribution < -0.4 is 10.6 Å². The van der Waals surface area contributed by atoms with Gasteiger partial charge in [0.05, 0.1) is 17.8 Å². The molecule has 0 unspecified atom stereocenters. The number of amides is 2. The number of thioether (sulfide) groups is 1. The number of rotatable bonds is 2. The molecule has 3 heterocycles. The number of carbonyl (C=O) groups excluding carboxylic acids is 1. The summed E-state index contributed by atoms with van der Waals surface area (Å²) >= 11 is 1.96. The summed E-state index contributed by atoms with van der Waals surface area (Å²) in [7, 11) is 0. The Kier molecular flexibility index (Phi) is 5.20. The Labute approximate surface area is 137 Å². The van der Waals surface area contributed by atoms with E-state index in [-0.39, 0.29) is 35.9 Å². The van der Waals surface area contributed by atoms with E-state index in [4.69, 9.17) is 9.47 Å². The van der Waals surface area contributed by atoms with Gasteiger partial charge in [-0.2, -0.15) is 11.8 Å². The Morgan fingerprint density at radius 1 is 1.18 bits per heavy atom. The number of urea groups is 1. The quantitative estimate of drug-likeness (QED) is 0.816. The van der Waals surface area contributed by atoms with Crippen molar-refractivity contribution in [3.63, 3.8) is 0 Å². The molecule has 0 aliphatic carbocycles. The molecule has 3 aliphatic heterocycles. The first-order chi connectivity index (χ1) is 10.5. The second kappa shape index (κ2) is 6.97. The molecule has 4 atom stereocenters. The van der Waals surface area contributed by atoms with E-state index in [1.54, 1.807) is 0 Å². The highest BCUT2D eigenvalue weighted by Gasteiger charge is 2.41. The highest BCUT2D eigenvalue weighted by molar-refractivity contribution is 7.99. The van der Waals surface area contributed by atoms with Crippen molar-refractivity contribution in [2.75, 3.05) is 18.1 Å². The van der Waals surface area contributed by atoms with Gasteiger partial charge in [0.15, 0.2) is 0 Å². The smallest absolute Gasteiger partial charge is 0.315 e. The molecule has 0 saturated carbocycles. The largest absolute Gasteiger partial charge is 0.375 e. The van der Waals surface area contributed by atoms with Crippen molar-refractivity contribution < 1.29 is 14.3 Å². The number of hydrogen-bond acceptors (Lipinski definition) is 4. The zero-order chi connectivity index (χ0) is 15.6. The van der Waals surface area contributed by atoms with Crippen molar-refractivity contribution in [2.45, 2.75) is 75.8 Å². The van der Waals surface area contributed by atoms with Gasteiger partial charge in [-0.05, 0) is 51.7 Å². The first-order valence-electron chi connectivity index (χ1n) is 8.49. The van der Waals surface area contributed by atoms with Gasteiger partial charge in [0.1, 0.15) is 0 Å². The summed E-state index contributed by atoms with van der Waals surface area (Å²) in [6.07, 6.45) is 5.21. The van der Waals surface area contributed by atoms with Crippen molar-refractivity contribution in [2.24, 2.45) is 0 Å². The first-order valence-corrected chi connectivity index (χ1v) is 9.64. The highest BCUT2D eigenvalue weighted by Crippen LogP contribution is 2.38. The van der Waals surface area contributed by atoms with Crippen molar-refractivity contribution in [1.29, 1.82) is 0 Å². The monoisotopic (exact) mass is 328 g/mol. The second-order valence-corrected chi connectivity index (χ2v) is 8.17. The molecule has 0 aromatic heterocycles. The molecule has 0 aromatic carbocycles. The third kappa shape index (κ3) is 4.09. The summed E-state index contributed by atoms with van der Waals surface area (Å²) in [5, 5.41) is 6.30. The first kappa shape index (κ1) is 16.4. The van der Waals surface area contributed by atoms with E-state index in [0.717, 1.165) is 44.5 Å². The molecule has 0 radical (unpaired) electrons. The molecule has 2 amide bonds. The molecule has 3 aliphatic rings. The summed E-state index contributed by atoms with van der Waals surface area (Å²) in [4.78, 5) is 12.3. The lowest BCUT2D eigenvalue weighted by Gasteiger charge is -2.38. The topological polar surface area (TPSA) is 59.6 Å². The fourth-order valence-electron chi connectivity index (χ4n) is 3.95. The average Bonchev–Trinajstić information content (AvgIpc) is 2.85. The van der Waals surface area contributed by atoms with Crippen LogP contribution in [0.3, 0.4) is 0 Å². The zero-order valence-corrected chi connectivity index (χ0v) is 14.4. The van der Waals surface area contributed by atoms with E-state index < -0.39 is 0 Å². The normalized spacial score (nSPS) is 42.3.